The molecule has 0 fully saturated rings. The number of rotatable bonds is 6. The quantitative estimate of drug-likeness (QED) is 0.305. The Morgan fingerprint density at radius 3 is 2.74 bits per heavy atom. The van der Waals surface area contributed by atoms with Crippen molar-refractivity contribution in [1.29, 1.82) is 0 Å². The van der Waals surface area contributed by atoms with Crippen LogP contribution in [-0.4, -0.2) is 10.1 Å². The fourth-order valence-corrected chi connectivity index (χ4v) is 3.18. The second-order valence-corrected chi connectivity index (χ2v) is 6.58. The van der Waals surface area contributed by atoms with Crippen molar-refractivity contribution in [3.05, 3.63) is 59.6 Å². The van der Waals surface area contributed by atoms with Gasteiger partial charge in [0, 0.05) is 40.0 Å². The number of hydrogen-bond acceptors (Lipinski definition) is 7. The van der Waals surface area contributed by atoms with Gasteiger partial charge < -0.3 is 20.9 Å². The van der Waals surface area contributed by atoms with E-state index in [1.165, 1.54) is 11.9 Å². The summed E-state index contributed by atoms with van der Waals surface area (Å²) in [7, 11) is 0. The summed E-state index contributed by atoms with van der Waals surface area (Å²) in [5, 5.41) is 15.9. The van der Waals surface area contributed by atoms with Gasteiger partial charge in [-0.15, -0.1) is 11.3 Å². The Balaban J connectivity index is 1.56. The standard InChI is InChI=1S/C16H16N4OS2/c17-12-1-6-15(21)11(9-12)10-19-13-2-4-14(5-3-13)23-20-16-18-7-8-22-16/h1-9,19,21H,10,17H2,(H,18,20). The summed E-state index contributed by atoms with van der Waals surface area (Å²) >= 11 is 3.08. The molecule has 0 unspecified atom stereocenters. The maximum Gasteiger partial charge on any atom is 0.192 e. The Morgan fingerprint density at radius 2 is 2.00 bits per heavy atom. The number of hydrogen-bond donors (Lipinski definition) is 4. The second-order valence-electron chi connectivity index (χ2n) is 4.81. The fourth-order valence-electron chi connectivity index (χ4n) is 1.96. The highest BCUT2D eigenvalue weighted by atomic mass is 32.2. The van der Waals surface area contributed by atoms with Crippen LogP contribution in [0.5, 0.6) is 5.75 Å². The van der Waals surface area contributed by atoms with E-state index in [1.807, 2.05) is 29.6 Å². The number of nitrogens with two attached hydrogens (primary N) is 1. The first-order chi connectivity index (χ1) is 11.2. The van der Waals surface area contributed by atoms with E-state index >= 15 is 0 Å². The van der Waals surface area contributed by atoms with Gasteiger partial charge in [0.15, 0.2) is 5.13 Å². The molecule has 0 atom stereocenters. The molecular weight excluding hydrogens is 328 g/mol. The molecule has 0 aliphatic carbocycles. The molecule has 5 nitrogen and oxygen atoms in total. The van der Waals surface area contributed by atoms with Crippen LogP contribution in [0.25, 0.3) is 0 Å². The first kappa shape index (κ1) is 15.5. The van der Waals surface area contributed by atoms with Crippen LogP contribution in [-0.2, 0) is 6.54 Å². The zero-order chi connectivity index (χ0) is 16.1. The summed E-state index contributed by atoms with van der Waals surface area (Å²) in [4.78, 5) is 5.26. The van der Waals surface area contributed by atoms with Gasteiger partial charge in [0.25, 0.3) is 0 Å². The molecule has 0 radical (unpaired) electrons. The number of aromatic hydroxyl groups is 1. The lowest BCUT2D eigenvalue weighted by Gasteiger charge is -2.09. The van der Waals surface area contributed by atoms with E-state index in [0.29, 0.717) is 12.2 Å². The van der Waals surface area contributed by atoms with Crippen molar-refractivity contribution >= 4 is 39.8 Å². The second kappa shape index (κ2) is 7.26. The summed E-state index contributed by atoms with van der Waals surface area (Å²) < 4.78 is 3.19. The Hall–Kier alpha value is -2.38. The average molecular weight is 344 g/mol. The van der Waals surface area contributed by atoms with Crippen LogP contribution in [0.1, 0.15) is 5.56 Å². The van der Waals surface area contributed by atoms with Crippen molar-refractivity contribution in [3.63, 3.8) is 0 Å². The monoisotopic (exact) mass is 344 g/mol. The highest BCUT2D eigenvalue weighted by Crippen LogP contribution is 2.25. The molecule has 2 aromatic carbocycles. The van der Waals surface area contributed by atoms with E-state index in [4.69, 9.17) is 5.73 Å². The number of nitrogen functional groups attached to an aromatic ring is 1. The summed E-state index contributed by atoms with van der Waals surface area (Å²) in [6, 6.07) is 13.1. The van der Waals surface area contributed by atoms with Gasteiger partial charge in [0.1, 0.15) is 5.75 Å². The van der Waals surface area contributed by atoms with E-state index < -0.39 is 0 Å². The molecule has 0 aliphatic rings. The number of aromatic nitrogens is 1. The lowest BCUT2D eigenvalue weighted by atomic mass is 10.1. The van der Waals surface area contributed by atoms with Crippen molar-refractivity contribution in [2.45, 2.75) is 11.4 Å². The molecule has 1 heterocycles. The van der Waals surface area contributed by atoms with E-state index in [-0.39, 0.29) is 5.75 Å². The number of phenolic OH excluding ortho intramolecular Hbond substituents is 1. The highest BCUT2D eigenvalue weighted by molar-refractivity contribution is 8.00. The molecule has 23 heavy (non-hydrogen) atoms. The maximum absolute atomic E-state index is 9.81. The summed E-state index contributed by atoms with van der Waals surface area (Å²) in [5.74, 6) is 0.242. The minimum atomic E-state index is 0.242. The summed E-state index contributed by atoms with van der Waals surface area (Å²) in [6.07, 6.45) is 1.77. The minimum absolute atomic E-state index is 0.242. The average Bonchev–Trinajstić information content (AvgIpc) is 3.08. The smallest absolute Gasteiger partial charge is 0.192 e. The minimum Gasteiger partial charge on any atom is -0.508 e. The number of anilines is 3. The van der Waals surface area contributed by atoms with Gasteiger partial charge in [-0.3, -0.25) is 0 Å². The molecule has 3 rings (SSSR count). The fraction of sp³-hybridized carbons (Fsp3) is 0.0625. The van der Waals surface area contributed by atoms with E-state index in [0.717, 1.165) is 21.3 Å². The molecule has 7 heteroatoms. The zero-order valence-corrected chi connectivity index (χ0v) is 13.8. The first-order valence-electron chi connectivity index (χ1n) is 6.94. The predicted molar refractivity (Wildman–Crippen MR) is 97.9 cm³/mol. The van der Waals surface area contributed by atoms with E-state index in [9.17, 15) is 5.11 Å². The van der Waals surface area contributed by atoms with Crippen LogP contribution >= 0.6 is 23.3 Å². The van der Waals surface area contributed by atoms with Gasteiger partial charge in [0.05, 0.1) is 0 Å². The molecule has 0 saturated carbocycles. The number of benzene rings is 2. The molecule has 0 spiro atoms. The van der Waals surface area contributed by atoms with Crippen LogP contribution in [0.3, 0.4) is 0 Å². The Kier molecular flexibility index (Phi) is 4.89. The molecule has 0 aliphatic heterocycles. The van der Waals surface area contributed by atoms with E-state index in [2.05, 4.69) is 15.0 Å². The molecule has 5 N–H and O–H groups in total. The zero-order valence-electron chi connectivity index (χ0n) is 12.2. The molecular formula is C16H16N4OS2. The molecule has 0 bridgehead atoms. The Labute approximate surface area is 142 Å². The predicted octanol–water partition coefficient (Wildman–Crippen LogP) is 4.16. The van der Waals surface area contributed by atoms with Crippen LogP contribution in [0.4, 0.5) is 16.5 Å². The van der Waals surface area contributed by atoms with Gasteiger partial charge in [-0.2, -0.15) is 0 Å². The SMILES string of the molecule is Nc1ccc(O)c(CNc2ccc(SNc3nccs3)cc2)c1. The van der Waals surface area contributed by atoms with Crippen molar-refractivity contribution < 1.29 is 5.11 Å². The summed E-state index contributed by atoms with van der Waals surface area (Å²) in [6.45, 7) is 0.515. The third-order valence-electron chi connectivity index (χ3n) is 3.13. The topological polar surface area (TPSA) is 83.2 Å². The summed E-state index contributed by atoms with van der Waals surface area (Å²) in [5.41, 5.74) is 8.12. The third kappa shape index (κ3) is 4.30. The van der Waals surface area contributed by atoms with Crippen molar-refractivity contribution in [3.8, 4) is 5.75 Å². The number of nitrogens with zero attached hydrogens (tertiary/aromatic N) is 1. The Morgan fingerprint density at radius 1 is 1.17 bits per heavy atom. The van der Waals surface area contributed by atoms with Gasteiger partial charge in [0.2, 0.25) is 0 Å². The number of thiazole rings is 1. The van der Waals surface area contributed by atoms with Crippen LogP contribution in [0.2, 0.25) is 0 Å². The van der Waals surface area contributed by atoms with Crippen molar-refractivity contribution in [1.82, 2.24) is 4.98 Å². The lowest BCUT2D eigenvalue weighted by molar-refractivity contribution is 0.469. The maximum atomic E-state index is 9.81. The van der Waals surface area contributed by atoms with Gasteiger partial charge in [-0.05, 0) is 54.4 Å². The molecule has 3 aromatic rings. The van der Waals surface area contributed by atoms with Gasteiger partial charge >= 0.3 is 0 Å². The van der Waals surface area contributed by atoms with Crippen molar-refractivity contribution in [2.24, 2.45) is 0 Å². The van der Waals surface area contributed by atoms with Crippen molar-refractivity contribution in [2.75, 3.05) is 15.8 Å². The van der Waals surface area contributed by atoms with Crippen LogP contribution < -0.4 is 15.8 Å². The molecule has 0 amide bonds. The van der Waals surface area contributed by atoms with Crippen LogP contribution in [0, 0.1) is 0 Å². The number of nitrogens with one attached hydrogen (secondary N) is 2. The number of phenols is 1. The highest BCUT2D eigenvalue weighted by Gasteiger charge is 2.02. The lowest BCUT2D eigenvalue weighted by Crippen LogP contribution is -2.00. The Bertz CT molecular complexity index is 760. The first-order valence-corrected chi connectivity index (χ1v) is 8.64. The van der Waals surface area contributed by atoms with Gasteiger partial charge in [-0.1, -0.05) is 0 Å². The van der Waals surface area contributed by atoms with E-state index in [1.54, 1.807) is 35.7 Å². The van der Waals surface area contributed by atoms with Crippen LogP contribution in [0.15, 0.2) is 58.9 Å². The van der Waals surface area contributed by atoms with Gasteiger partial charge in [-0.25, -0.2) is 4.98 Å². The normalized spacial score (nSPS) is 10.4. The third-order valence-corrected chi connectivity index (χ3v) is 4.75. The molecule has 1 aromatic heterocycles. The molecule has 0 saturated heterocycles. The largest absolute Gasteiger partial charge is 0.508 e. The molecule has 118 valence electrons.